The fraction of sp³-hybridized carbons (Fsp3) is 0.238. The monoisotopic (exact) mass is 424 g/mol. The lowest BCUT2D eigenvalue weighted by atomic mass is 9.96. The fourth-order valence-electron chi connectivity index (χ4n) is 3.41. The zero-order chi connectivity index (χ0) is 21.1. The summed E-state index contributed by atoms with van der Waals surface area (Å²) in [6, 6.07) is 10.2. The van der Waals surface area contributed by atoms with Gasteiger partial charge in [0.2, 0.25) is 5.95 Å². The molecule has 154 valence electrons. The molecule has 1 amide bonds. The molecule has 1 aliphatic heterocycles. The zero-order valence-corrected chi connectivity index (χ0v) is 17.1. The maximum atomic E-state index is 13.3. The third-order valence-electron chi connectivity index (χ3n) is 4.80. The van der Waals surface area contributed by atoms with Crippen LogP contribution in [0.25, 0.3) is 0 Å². The molecule has 0 unspecified atom stereocenters. The number of allylic oxidation sites excluding steroid dienone is 1. The fourth-order valence-corrected chi connectivity index (χ4v) is 3.54. The number of hydrogen-bond donors (Lipinski definition) is 3. The standard InChI is InChI=1S/C21H21ClN6O2/c1-13-18(20(30)25-16-8-6-15(22)7-9-16)19(14-4-2-10-23-12-14)28-21(24-13)26-17(27-28)5-3-11-29/h2,4,6-10,12,19,29H,3,5,11H2,1H3,(H,25,30)(H,24,26,27)/t19-/m1/s1. The normalized spacial score (nSPS) is 15.5. The Morgan fingerprint density at radius 3 is 2.80 bits per heavy atom. The lowest BCUT2D eigenvalue weighted by Gasteiger charge is -2.28. The van der Waals surface area contributed by atoms with E-state index in [2.05, 4.69) is 25.7 Å². The molecule has 0 radical (unpaired) electrons. The number of aliphatic hydroxyl groups is 1. The van der Waals surface area contributed by atoms with Crippen molar-refractivity contribution >= 4 is 29.1 Å². The average Bonchev–Trinajstić information content (AvgIpc) is 3.15. The van der Waals surface area contributed by atoms with Crippen molar-refractivity contribution in [2.45, 2.75) is 25.8 Å². The molecule has 8 nitrogen and oxygen atoms in total. The van der Waals surface area contributed by atoms with Crippen LogP contribution in [0, 0.1) is 0 Å². The van der Waals surface area contributed by atoms with Crippen LogP contribution < -0.4 is 10.6 Å². The molecule has 2 aromatic heterocycles. The Morgan fingerprint density at radius 2 is 2.10 bits per heavy atom. The number of aromatic nitrogens is 4. The first-order valence-electron chi connectivity index (χ1n) is 9.57. The van der Waals surface area contributed by atoms with Crippen molar-refractivity contribution in [1.29, 1.82) is 0 Å². The van der Waals surface area contributed by atoms with Crippen molar-refractivity contribution in [2.24, 2.45) is 0 Å². The Balaban J connectivity index is 1.73. The number of nitrogens with one attached hydrogen (secondary N) is 2. The molecule has 3 heterocycles. The van der Waals surface area contributed by atoms with E-state index in [-0.39, 0.29) is 12.5 Å². The van der Waals surface area contributed by atoms with Gasteiger partial charge in [-0.15, -0.1) is 0 Å². The minimum Gasteiger partial charge on any atom is -0.396 e. The van der Waals surface area contributed by atoms with Crippen LogP contribution in [0.15, 0.2) is 60.1 Å². The third-order valence-corrected chi connectivity index (χ3v) is 5.05. The molecule has 0 saturated carbocycles. The number of carbonyl (C=O) groups excluding carboxylic acids is 1. The van der Waals surface area contributed by atoms with E-state index in [9.17, 15) is 4.79 Å². The summed E-state index contributed by atoms with van der Waals surface area (Å²) in [4.78, 5) is 22.0. The van der Waals surface area contributed by atoms with Crippen molar-refractivity contribution in [2.75, 3.05) is 17.2 Å². The number of rotatable bonds is 6. The highest BCUT2D eigenvalue weighted by molar-refractivity contribution is 6.30. The van der Waals surface area contributed by atoms with E-state index in [0.717, 1.165) is 5.56 Å². The number of amides is 1. The number of carbonyl (C=O) groups is 1. The molecule has 1 aromatic carbocycles. The van der Waals surface area contributed by atoms with Gasteiger partial charge in [-0.3, -0.25) is 9.78 Å². The topological polar surface area (TPSA) is 105 Å². The van der Waals surface area contributed by atoms with E-state index in [1.54, 1.807) is 41.3 Å². The van der Waals surface area contributed by atoms with Gasteiger partial charge < -0.3 is 15.7 Å². The highest BCUT2D eigenvalue weighted by Gasteiger charge is 2.34. The Hall–Kier alpha value is -3.23. The van der Waals surface area contributed by atoms with Crippen molar-refractivity contribution in [3.8, 4) is 0 Å². The summed E-state index contributed by atoms with van der Waals surface area (Å²) in [5, 5.41) is 20.4. The van der Waals surface area contributed by atoms with Gasteiger partial charge in [0.1, 0.15) is 6.04 Å². The minimum atomic E-state index is -0.488. The van der Waals surface area contributed by atoms with Crippen LogP contribution >= 0.6 is 11.6 Å². The van der Waals surface area contributed by atoms with E-state index in [1.165, 1.54) is 0 Å². The minimum absolute atomic E-state index is 0.0648. The number of benzene rings is 1. The van der Waals surface area contributed by atoms with Crippen LogP contribution in [-0.2, 0) is 11.2 Å². The molecule has 30 heavy (non-hydrogen) atoms. The summed E-state index contributed by atoms with van der Waals surface area (Å²) < 4.78 is 1.70. The average molecular weight is 425 g/mol. The van der Waals surface area contributed by atoms with E-state index in [4.69, 9.17) is 16.7 Å². The van der Waals surface area contributed by atoms with E-state index >= 15 is 0 Å². The first kappa shape index (κ1) is 20.1. The summed E-state index contributed by atoms with van der Waals surface area (Å²) >= 11 is 5.94. The number of anilines is 2. The number of aryl methyl sites for hydroxylation is 1. The Bertz CT molecular complexity index is 1080. The second-order valence-corrected chi connectivity index (χ2v) is 7.37. The van der Waals surface area contributed by atoms with Gasteiger partial charge in [-0.1, -0.05) is 17.7 Å². The number of fused-ring (bicyclic) bond motifs is 1. The molecule has 9 heteroatoms. The summed E-state index contributed by atoms with van der Waals surface area (Å²) in [6.07, 6.45) is 4.52. The summed E-state index contributed by atoms with van der Waals surface area (Å²) in [5.41, 5.74) is 2.66. The van der Waals surface area contributed by atoms with Gasteiger partial charge in [0, 0.05) is 41.8 Å². The highest BCUT2D eigenvalue weighted by atomic mass is 35.5. The molecule has 0 bridgehead atoms. The Morgan fingerprint density at radius 1 is 1.30 bits per heavy atom. The predicted molar refractivity (Wildman–Crippen MR) is 114 cm³/mol. The maximum absolute atomic E-state index is 13.3. The van der Waals surface area contributed by atoms with Crippen LogP contribution in [0.2, 0.25) is 5.02 Å². The molecular weight excluding hydrogens is 404 g/mol. The first-order valence-corrected chi connectivity index (χ1v) is 9.95. The van der Waals surface area contributed by atoms with Gasteiger partial charge in [0.15, 0.2) is 5.82 Å². The van der Waals surface area contributed by atoms with Crippen LogP contribution in [0.4, 0.5) is 11.6 Å². The molecule has 0 fully saturated rings. The van der Waals surface area contributed by atoms with Crippen LogP contribution in [0.3, 0.4) is 0 Å². The number of nitrogens with zero attached hydrogens (tertiary/aromatic N) is 4. The molecule has 0 aliphatic carbocycles. The van der Waals surface area contributed by atoms with Crippen molar-refractivity contribution in [3.05, 3.63) is 76.5 Å². The largest absolute Gasteiger partial charge is 0.396 e. The molecule has 0 spiro atoms. The van der Waals surface area contributed by atoms with Gasteiger partial charge in [-0.2, -0.15) is 10.1 Å². The smallest absolute Gasteiger partial charge is 0.255 e. The molecule has 3 aromatic rings. The summed E-state index contributed by atoms with van der Waals surface area (Å²) in [6.45, 7) is 1.90. The van der Waals surface area contributed by atoms with Crippen molar-refractivity contribution in [1.82, 2.24) is 19.7 Å². The number of pyridine rings is 1. The molecule has 0 saturated heterocycles. The van der Waals surface area contributed by atoms with Crippen LogP contribution in [-0.4, -0.2) is 37.4 Å². The number of hydrogen-bond acceptors (Lipinski definition) is 6. The Kier molecular flexibility index (Phi) is 5.78. The maximum Gasteiger partial charge on any atom is 0.255 e. The van der Waals surface area contributed by atoms with Gasteiger partial charge in [-0.25, -0.2) is 4.68 Å². The van der Waals surface area contributed by atoms with Gasteiger partial charge >= 0.3 is 0 Å². The van der Waals surface area contributed by atoms with Crippen molar-refractivity contribution in [3.63, 3.8) is 0 Å². The van der Waals surface area contributed by atoms with E-state index in [1.807, 2.05) is 19.1 Å². The quantitative estimate of drug-likeness (QED) is 0.561. The summed E-state index contributed by atoms with van der Waals surface area (Å²) in [7, 11) is 0. The van der Waals surface area contributed by atoms with Crippen LogP contribution in [0.1, 0.15) is 30.8 Å². The SMILES string of the molecule is CC1=C(C(=O)Nc2ccc(Cl)cc2)[C@@H](c2cccnc2)n2nc(CCCO)nc2N1. The third kappa shape index (κ3) is 4.05. The number of aliphatic hydroxyl groups excluding tert-OH is 1. The van der Waals surface area contributed by atoms with E-state index in [0.29, 0.717) is 46.6 Å². The highest BCUT2D eigenvalue weighted by Crippen LogP contribution is 2.35. The molecular formula is C21H21ClN6O2. The first-order chi connectivity index (χ1) is 14.6. The molecule has 1 aliphatic rings. The van der Waals surface area contributed by atoms with Gasteiger partial charge in [0.05, 0.1) is 5.57 Å². The zero-order valence-electron chi connectivity index (χ0n) is 16.3. The predicted octanol–water partition coefficient (Wildman–Crippen LogP) is 3.18. The lowest BCUT2D eigenvalue weighted by molar-refractivity contribution is -0.113. The van der Waals surface area contributed by atoms with Crippen LogP contribution in [0.5, 0.6) is 0 Å². The molecule has 4 rings (SSSR count). The molecule has 1 atom stereocenters. The summed E-state index contributed by atoms with van der Waals surface area (Å²) in [5.74, 6) is 0.902. The lowest BCUT2D eigenvalue weighted by Crippen LogP contribution is -2.31. The van der Waals surface area contributed by atoms with Gasteiger partial charge in [0.25, 0.3) is 5.91 Å². The second kappa shape index (κ2) is 8.64. The van der Waals surface area contributed by atoms with Gasteiger partial charge in [-0.05, 0) is 49.2 Å². The second-order valence-electron chi connectivity index (χ2n) is 6.94. The number of halogens is 1. The van der Waals surface area contributed by atoms with E-state index < -0.39 is 6.04 Å². The van der Waals surface area contributed by atoms with Crippen molar-refractivity contribution < 1.29 is 9.90 Å². The Labute approximate surface area is 178 Å². The molecule has 3 N–H and O–H groups in total.